The molecule has 19 heavy (non-hydrogen) atoms. The van der Waals surface area contributed by atoms with Crippen LogP contribution in [0.5, 0.6) is 0 Å². The van der Waals surface area contributed by atoms with E-state index in [0.29, 0.717) is 11.8 Å². The molecule has 1 aliphatic rings. The highest BCUT2D eigenvalue weighted by atomic mass is 32.1. The van der Waals surface area contributed by atoms with Gasteiger partial charge in [-0.2, -0.15) is 0 Å². The second-order valence-electron chi connectivity index (χ2n) is 4.74. The summed E-state index contributed by atoms with van der Waals surface area (Å²) in [6, 6.07) is -0.943. The van der Waals surface area contributed by atoms with Gasteiger partial charge in [0.05, 0.1) is 23.7 Å². The predicted octanol–water partition coefficient (Wildman–Crippen LogP) is 0.648. The van der Waals surface area contributed by atoms with Gasteiger partial charge in [0.1, 0.15) is 4.83 Å². The molecule has 0 amide bonds. The Morgan fingerprint density at radius 2 is 2.37 bits per heavy atom. The SMILES string of the molecule is CC[C@H](C(=O)[O-])n1cnc2sc3c(c2c1=O)CCC3. The van der Waals surface area contributed by atoms with Crippen LogP contribution in [0.4, 0.5) is 0 Å². The third-order valence-electron chi connectivity index (χ3n) is 3.65. The minimum Gasteiger partial charge on any atom is -0.548 e. The number of carboxylic acid groups (broad SMARTS) is 1. The standard InChI is InChI=1S/C13H14N2O3S/c1-2-8(13(17)18)15-6-14-11-10(12(15)16)7-4-3-5-9(7)19-11/h6,8H,2-5H2,1H3,(H,17,18)/p-1/t8-/m1/s1. The molecule has 5 nitrogen and oxygen atoms in total. The van der Waals surface area contributed by atoms with Crippen molar-refractivity contribution in [2.45, 2.75) is 38.6 Å². The lowest BCUT2D eigenvalue weighted by atomic mass is 10.2. The monoisotopic (exact) mass is 277 g/mol. The highest BCUT2D eigenvalue weighted by Gasteiger charge is 2.22. The van der Waals surface area contributed by atoms with Gasteiger partial charge in [-0.05, 0) is 31.2 Å². The molecule has 0 saturated carbocycles. The molecule has 0 N–H and O–H groups in total. The zero-order valence-electron chi connectivity index (χ0n) is 10.5. The fourth-order valence-electron chi connectivity index (χ4n) is 2.70. The number of hydrogen-bond acceptors (Lipinski definition) is 5. The van der Waals surface area contributed by atoms with Gasteiger partial charge in [-0.3, -0.25) is 9.36 Å². The second-order valence-corrected chi connectivity index (χ2v) is 5.82. The summed E-state index contributed by atoms with van der Waals surface area (Å²) >= 11 is 1.55. The molecule has 0 unspecified atom stereocenters. The maximum atomic E-state index is 12.5. The Hall–Kier alpha value is -1.69. The molecule has 1 atom stereocenters. The zero-order chi connectivity index (χ0) is 13.6. The Morgan fingerprint density at radius 1 is 1.58 bits per heavy atom. The lowest BCUT2D eigenvalue weighted by Crippen LogP contribution is -2.38. The number of aryl methyl sites for hydroxylation is 2. The van der Waals surface area contributed by atoms with Crippen LogP contribution in [0, 0.1) is 0 Å². The topological polar surface area (TPSA) is 75.0 Å². The number of aliphatic carboxylic acids is 1. The second kappa shape index (κ2) is 4.45. The Balaban J connectivity index is 2.26. The minimum atomic E-state index is -1.24. The van der Waals surface area contributed by atoms with Crippen molar-refractivity contribution in [1.82, 2.24) is 9.55 Å². The number of nitrogens with zero attached hydrogens (tertiary/aromatic N) is 2. The fraction of sp³-hybridized carbons (Fsp3) is 0.462. The average molecular weight is 277 g/mol. The Kier molecular flexibility index (Phi) is 2.89. The minimum absolute atomic E-state index is 0.250. The number of fused-ring (bicyclic) bond motifs is 3. The van der Waals surface area contributed by atoms with Gasteiger partial charge in [0.2, 0.25) is 0 Å². The summed E-state index contributed by atoms with van der Waals surface area (Å²) in [5.41, 5.74) is 0.820. The van der Waals surface area contributed by atoms with Gasteiger partial charge < -0.3 is 9.90 Å². The van der Waals surface area contributed by atoms with Crippen LogP contribution >= 0.6 is 11.3 Å². The Morgan fingerprint density at radius 3 is 3.05 bits per heavy atom. The summed E-state index contributed by atoms with van der Waals surface area (Å²) in [6.07, 6.45) is 4.58. The maximum Gasteiger partial charge on any atom is 0.262 e. The quantitative estimate of drug-likeness (QED) is 0.825. The van der Waals surface area contributed by atoms with Crippen LogP contribution in [0.1, 0.15) is 36.2 Å². The lowest BCUT2D eigenvalue weighted by molar-refractivity contribution is -0.310. The molecule has 2 heterocycles. The molecule has 2 aromatic rings. The van der Waals surface area contributed by atoms with E-state index in [0.717, 1.165) is 29.7 Å². The molecule has 100 valence electrons. The Labute approximate surface area is 113 Å². The smallest absolute Gasteiger partial charge is 0.262 e. The lowest BCUT2D eigenvalue weighted by Gasteiger charge is -2.18. The number of carbonyl (C=O) groups excluding carboxylic acids is 1. The summed E-state index contributed by atoms with van der Waals surface area (Å²) in [4.78, 5) is 29.8. The van der Waals surface area contributed by atoms with Crippen LogP contribution in [0.2, 0.25) is 0 Å². The number of carbonyl (C=O) groups is 1. The molecule has 0 saturated heterocycles. The molecule has 0 radical (unpaired) electrons. The van der Waals surface area contributed by atoms with Crippen LogP contribution in [0.25, 0.3) is 10.2 Å². The number of carboxylic acids is 1. The number of aromatic nitrogens is 2. The first kappa shape index (κ1) is 12.3. The van der Waals surface area contributed by atoms with Crippen LogP contribution in [0.15, 0.2) is 11.1 Å². The molecule has 1 aliphatic carbocycles. The summed E-state index contributed by atoms with van der Waals surface area (Å²) in [5.74, 6) is -1.24. The van der Waals surface area contributed by atoms with Crippen molar-refractivity contribution in [3.05, 3.63) is 27.1 Å². The van der Waals surface area contributed by atoms with Crippen LogP contribution in [-0.2, 0) is 17.6 Å². The number of thiophene rings is 1. The molecule has 0 fully saturated rings. The molecule has 2 aromatic heterocycles. The van der Waals surface area contributed by atoms with E-state index in [-0.39, 0.29) is 5.56 Å². The first-order valence-corrected chi connectivity index (χ1v) is 7.17. The van der Waals surface area contributed by atoms with E-state index in [2.05, 4.69) is 4.98 Å². The van der Waals surface area contributed by atoms with Crippen molar-refractivity contribution < 1.29 is 9.90 Å². The molecule has 0 aromatic carbocycles. The van der Waals surface area contributed by atoms with Gasteiger partial charge in [-0.25, -0.2) is 4.98 Å². The van der Waals surface area contributed by atoms with Crippen molar-refractivity contribution in [2.24, 2.45) is 0 Å². The van der Waals surface area contributed by atoms with Crippen LogP contribution in [-0.4, -0.2) is 15.5 Å². The van der Waals surface area contributed by atoms with Gasteiger partial charge in [0.25, 0.3) is 5.56 Å². The maximum absolute atomic E-state index is 12.5. The number of rotatable bonds is 3. The summed E-state index contributed by atoms with van der Waals surface area (Å²) in [6.45, 7) is 1.72. The molecule has 0 bridgehead atoms. The normalized spacial score (nSPS) is 15.6. The largest absolute Gasteiger partial charge is 0.548 e. The third-order valence-corrected chi connectivity index (χ3v) is 4.84. The fourth-order valence-corrected chi connectivity index (χ4v) is 3.92. The van der Waals surface area contributed by atoms with Gasteiger partial charge in [-0.1, -0.05) is 6.92 Å². The third kappa shape index (κ3) is 1.78. The van der Waals surface area contributed by atoms with Gasteiger partial charge in [-0.15, -0.1) is 11.3 Å². The molecule has 6 heteroatoms. The molecule has 0 spiro atoms. The predicted molar refractivity (Wildman–Crippen MR) is 70.2 cm³/mol. The van der Waals surface area contributed by atoms with Gasteiger partial charge >= 0.3 is 0 Å². The van der Waals surface area contributed by atoms with Crippen molar-refractivity contribution in [3.63, 3.8) is 0 Å². The zero-order valence-corrected chi connectivity index (χ0v) is 11.3. The molecule has 0 aliphatic heterocycles. The van der Waals surface area contributed by atoms with Crippen LogP contribution < -0.4 is 10.7 Å². The van der Waals surface area contributed by atoms with Gasteiger partial charge in [0, 0.05) is 4.88 Å². The first-order valence-electron chi connectivity index (χ1n) is 6.35. The van der Waals surface area contributed by atoms with E-state index in [9.17, 15) is 14.7 Å². The average Bonchev–Trinajstić information content (AvgIpc) is 2.92. The van der Waals surface area contributed by atoms with E-state index in [1.165, 1.54) is 15.8 Å². The summed E-state index contributed by atoms with van der Waals surface area (Å²) < 4.78 is 1.20. The van der Waals surface area contributed by atoms with Crippen LogP contribution in [0.3, 0.4) is 0 Å². The van der Waals surface area contributed by atoms with E-state index in [1.807, 2.05) is 0 Å². The number of hydrogen-bond donors (Lipinski definition) is 0. The van der Waals surface area contributed by atoms with E-state index < -0.39 is 12.0 Å². The molecular formula is C13H13N2O3S-. The molecular weight excluding hydrogens is 264 g/mol. The van der Waals surface area contributed by atoms with Crippen molar-refractivity contribution in [2.75, 3.05) is 0 Å². The van der Waals surface area contributed by atoms with E-state index in [4.69, 9.17) is 0 Å². The van der Waals surface area contributed by atoms with Crippen molar-refractivity contribution in [3.8, 4) is 0 Å². The Bertz CT molecular complexity index is 716. The van der Waals surface area contributed by atoms with Crippen molar-refractivity contribution in [1.29, 1.82) is 0 Å². The summed E-state index contributed by atoms with van der Waals surface area (Å²) in [5, 5.41) is 11.7. The van der Waals surface area contributed by atoms with Crippen molar-refractivity contribution >= 4 is 27.5 Å². The highest BCUT2D eigenvalue weighted by Crippen LogP contribution is 2.34. The highest BCUT2D eigenvalue weighted by molar-refractivity contribution is 7.18. The van der Waals surface area contributed by atoms with Gasteiger partial charge in [0.15, 0.2) is 0 Å². The van der Waals surface area contributed by atoms with E-state index >= 15 is 0 Å². The molecule has 3 rings (SSSR count). The first-order chi connectivity index (χ1) is 9.13. The summed E-state index contributed by atoms with van der Waals surface area (Å²) in [7, 11) is 0. The van der Waals surface area contributed by atoms with E-state index in [1.54, 1.807) is 18.3 Å².